The Morgan fingerprint density at radius 1 is 1.03 bits per heavy atom. The Hall–Kier alpha value is -2.95. The van der Waals surface area contributed by atoms with Gasteiger partial charge in [0.1, 0.15) is 12.0 Å². The van der Waals surface area contributed by atoms with E-state index < -0.39 is 12.3 Å². The first-order chi connectivity index (χ1) is 13.9. The van der Waals surface area contributed by atoms with Crippen molar-refractivity contribution in [1.29, 1.82) is 0 Å². The maximum absolute atomic E-state index is 10.3. The Morgan fingerprint density at radius 3 is 2.41 bits per heavy atom. The smallest absolute Gasteiger partial charge is 0.131 e. The molecular weight excluding hydrogens is 364 g/mol. The van der Waals surface area contributed by atoms with Crippen LogP contribution in [0, 0.1) is 11.8 Å². The molecule has 0 aliphatic heterocycles. The molecule has 0 radical (unpaired) electrons. The van der Waals surface area contributed by atoms with Crippen molar-refractivity contribution in [3.05, 3.63) is 71.4 Å². The molecule has 0 saturated heterocycles. The first-order valence-electron chi connectivity index (χ1n) is 9.43. The molecular formula is C23H26N4O2. The van der Waals surface area contributed by atoms with Crippen LogP contribution in [-0.4, -0.2) is 53.4 Å². The summed E-state index contributed by atoms with van der Waals surface area (Å²) in [5.41, 5.74) is 8.30. The number of rotatable bonds is 6. The van der Waals surface area contributed by atoms with Crippen molar-refractivity contribution in [2.24, 2.45) is 0 Å². The fraction of sp³-hybridized carbons (Fsp3) is 0.261. The van der Waals surface area contributed by atoms with Gasteiger partial charge in [0.2, 0.25) is 0 Å². The van der Waals surface area contributed by atoms with Gasteiger partial charge in [-0.1, -0.05) is 48.2 Å². The summed E-state index contributed by atoms with van der Waals surface area (Å²) >= 11 is 0. The number of pyridine rings is 1. The van der Waals surface area contributed by atoms with Crippen molar-refractivity contribution in [3.63, 3.8) is 0 Å². The van der Waals surface area contributed by atoms with Crippen molar-refractivity contribution in [2.45, 2.75) is 12.3 Å². The number of aliphatic hydroxyl groups is 2. The molecule has 2 atom stereocenters. The van der Waals surface area contributed by atoms with Crippen molar-refractivity contribution in [2.75, 3.05) is 32.9 Å². The van der Waals surface area contributed by atoms with Crippen molar-refractivity contribution in [1.82, 2.24) is 15.2 Å². The van der Waals surface area contributed by atoms with Crippen LogP contribution in [0.2, 0.25) is 0 Å². The molecule has 6 nitrogen and oxygen atoms in total. The highest BCUT2D eigenvalue weighted by Gasteiger charge is 2.10. The van der Waals surface area contributed by atoms with E-state index >= 15 is 0 Å². The lowest BCUT2D eigenvalue weighted by Crippen LogP contribution is -2.36. The predicted molar refractivity (Wildman–Crippen MR) is 116 cm³/mol. The number of likely N-dealkylation sites (N-methyl/N-ethyl adjacent to an activating group) is 1. The van der Waals surface area contributed by atoms with Crippen molar-refractivity contribution < 1.29 is 10.2 Å². The van der Waals surface area contributed by atoms with Gasteiger partial charge in [-0.05, 0) is 31.8 Å². The number of aliphatic hydroxyl groups excluding tert-OH is 2. The summed E-state index contributed by atoms with van der Waals surface area (Å²) in [6.07, 6.45) is 0.290. The number of benzene rings is 2. The maximum Gasteiger partial charge on any atom is 0.131 e. The van der Waals surface area contributed by atoms with Crippen molar-refractivity contribution >= 4 is 16.6 Å². The second kappa shape index (κ2) is 9.50. The van der Waals surface area contributed by atoms with Crippen LogP contribution in [0.3, 0.4) is 0 Å². The fourth-order valence-electron chi connectivity index (χ4n) is 3.05. The molecule has 0 aliphatic carbocycles. The Kier molecular flexibility index (Phi) is 6.81. The highest BCUT2D eigenvalue weighted by Crippen LogP contribution is 2.21. The molecule has 0 bridgehead atoms. The molecule has 0 spiro atoms. The summed E-state index contributed by atoms with van der Waals surface area (Å²) in [5.74, 6) is 6.78. The zero-order chi connectivity index (χ0) is 20.8. The molecule has 6 heteroatoms. The summed E-state index contributed by atoms with van der Waals surface area (Å²) in [5, 5.41) is 24.9. The predicted octanol–water partition coefficient (Wildman–Crippen LogP) is 1.72. The number of fused-ring (bicyclic) bond motifs is 1. The van der Waals surface area contributed by atoms with Gasteiger partial charge in [-0.15, -0.1) is 0 Å². The SMILES string of the molecule is CN(C)CC(O)CNC(O)c1ccc(C#Cc2cnc(N)c3ccccc23)cc1. The largest absolute Gasteiger partial charge is 0.390 e. The first-order valence-corrected chi connectivity index (χ1v) is 9.43. The quantitative estimate of drug-likeness (QED) is 0.378. The van der Waals surface area contributed by atoms with Gasteiger partial charge in [0.05, 0.1) is 11.7 Å². The molecule has 0 saturated carbocycles. The number of aromatic nitrogens is 1. The number of anilines is 1. The highest BCUT2D eigenvalue weighted by molar-refractivity contribution is 5.94. The Labute approximate surface area is 171 Å². The van der Waals surface area contributed by atoms with E-state index in [0.29, 0.717) is 24.5 Å². The molecule has 0 aliphatic rings. The second-order valence-electron chi connectivity index (χ2n) is 7.20. The van der Waals surface area contributed by atoms with E-state index in [2.05, 4.69) is 22.1 Å². The Morgan fingerprint density at radius 2 is 1.72 bits per heavy atom. The van der Waals surface area contributed by atoms with Crippen LogP contribution in [0.1, 0.15) is 22.9 Å². The minimum Gasteiger partial charge on any atom is -0.390 e. The van der Waals surface area contributed by atoms with Crippen LogP contribution in [0.25, 0.3) is 10.8 Å². The molecule has 2 aromatic carbocycles. The Balaban J connectivity index is 1.69. The minimum atomic E-state index is -0.848. The second-order valence-corrected chi connectivity index (χ2v) is 7.20. The van der Waals surface area contributed by atoms with E-state index in [-0.39, 0.29) is 0 Å². The molecule has 1 aromatic heterocycles. The van der Waals surface area contributed by atoms with Gasteiger partial charge in [0.15, 0.2) is 0 Å². The third kappa shape index (κ3) is 5.53. The summed E-state index contributed by atoms with van der Waals surface area (Å²) in [7, 11) is 3.78. The van der Waals surface area contributed by atoms with E-state index in [0.717, 1.165) is 21.9 Å². The molecule has 1 heterocycles. The molecule has 150 valence electrons. The van der Waals surface area contributed by atoms with Gasteiger partial charge in [-0.2, -0.15) is 0 Å². The number of hydrogen-bond donors (Lipinski definition) is 4. The van der Waals surface area contributed by atoms with E-state index in [1.54, 1.807) is 6.20 Å². The molecule has 3 rings (SSSR count). The van der Waals surface area contributed by atoms with Crippen LogP contribution in [0.5, 0.6) is 0 Å². The average molecular weight is 390 g/mol. The number of hydrogen-bond acceptors (Lipinski definition) is 6. The van der Waals surface area contributed by atoms with Gasteiger partial charge in [-0.25, -0.2) is 4.98 Å². The number of nitrogens with one attached hydrogen (secondary N) is 1. The van der Waals surface area contributed by atoms with Crippen LogP contribution >= 0.6 is 0 Å². The van der Waals surface area contributed by atoms with Crippen LogP contribution < -0.4 is 11.1 Å². The van der Waals surface area contributed by atoms with Crippen molar-refractivity contribution in [3.8, 4) is 11.8 Å². The van der Waals surface area contributed by atoms with Gasteiger partial charge in [0, 0.05) is 35.6 Å². The zero-order valence-corrected chi connectivity index (χ0v) is 16.6. The molecule has 5 N–H and O–H groups in total. The highest BCUT2D eigenvalue weighted by atomic mass is 16.3. The lowest BCUT2D eigenvalue weighted by molar-refractivity contribution is 0.0888. The van der Waals surface area contributed by atoms with Gasteiger partial charge >= 0.3 is 0 Å². The van der Waals surface area contributed by atoms with E-state index in [1.807, 2.05) is 67.5 Å². The maximum atomic E-state index is 10.3. The summed E-state index contributed by atoms with van der Waals surface area (Å²) in [4.78, 5) is 6.11. The summed E-state index contributed by atoms with van der Waals surface area (Å²) < 4.78 is 0. The number of nitrogens with zero attached hydrogens (tertiary/aromatic N) is 2. The third-order valence-corrected chi connectivity index (χ3v) is 4.52. The third-order valence-electron chi connectivity index (χ3n) is 4.52. The van der Waals surface area contributed by atoms with E-state index in [9.17, 15) is 10.2 Å². The lowest BCUT2D eigenvalue weighted by atomic mass is 10.1. The first kappa shape index (κ1) is 20.8. The van der Waals surface area contributed by atoms with Crippen LogP contribution in [0.15, 0.2) is 54.7 Å². The van der Waals surface area contributed by atoms with Gasteiger partial charge < -0.3 is 20.8 Å². The fourth-order valence-corrected chi connectivity index (χ4v) is 3.05. The van der Waals surface area contributed by atoms with Gasteiger partial charge in [-0.3, -0.25) is 5.32 Å². The van der Waals surface area contributed by atoms with Crippen LogP contribution in [0.4, 0.5) is 5.82 Å². The van der Waals surface area contributed by atoms with E-state index in [4.69, 9.17) is 5.73 Å². The average Bonchev–Trinajstić information content (AvgIpc) is 2.72. The lowest BCUT2D eigenvalue weighted by Gasteiger charge is -2.19. The van der Waals surface area contributed by atoms with Crippen LogP contribution in [-0.2, 0) is 0 Å². The minimum absolute atomic E-state index is 0.304. The summed E-state index contributed by atoms with van der Waals surface area (Å²) in [6.45, 7) is 0.834. The number of nitrogens with two attached hydrogens (primary N) is 1. The Bertz CT molecular complexity index is 1020. The standard InChI is InChI=1S/C23H26N4O2/c1-27(2)15-19(28)14-26-23(29)17-10-7-16(8-11-17)9-12-18-13-25-22(24)21-6-4-3-5-20(18)21/h3-8,10-11,13,19,23,26,28-29H,14-15H2,1-2H3,(H2,24,25). The molecule has 2 unspecified atom stereocenters. The summed E-state index contributed by atoms with van der Waals surface area (Å²) in [6, 6.07) is 15.1. The monoisotopic (exact) mass is 390 g/mol. The molecule has 0 amide bonds. The van der Waals surface area contributed by atoms with E-state index in [1.165, 1.54) is 0 Å². The normalized spacial score (nSPS) is 13.1. The topological polar surface area (TPSA) is 94.6 Å². The number of nitrogen functional groups attached to an aromatic ring is 1. The zero-order valence-electron chi connectivity index (χ0n) is 16.6. The van der Waals surface area contributed by atoms with Gasteiger partial charge in [0.25, 0.3) is 0 Å². The molecule has 0 fully saturated rings. The molecule has 29 heavy (non-hydrogen) atoms. The molecule has 3 aromatic rings.